The molecular formula is C15H23NO4. The minimum Gasteiger partial charge on any atom is -0.504 e. The third-order valence-corrected chi connectivity index (χ3v) is 2.75. The van der Waals surface area contributed by atoms with Crippen molar-refractivity contribution in [1.82, 2.24) is 0 Å². The first-order valence-electron chi connectivity index (χ1n) is 6.55. The van der Waals surface area contributed by atoms with Crippen molar-refractivity contribution < 1.29 is 19.4 Å². The molecule has 0 aromatic heterocycles. The lowest BCUT2D eigenvalue weighted by Gasteiger charge is -2.23. The lowest BCUT2D eigenvalue weighted by atomic mass is 9.99. The fourth-order valence-corrected chi connectivity index (χ4v) is 1.78. The molecule has 0 amide bonds. The Morgan fingerprint density at radius 2 is 2.05 bits per heavy atom. The normalized spacial score (nSPS) is 12.8. The predicted molar refractivity (Wildman–Crippen MR) is 76.8 cm³/mol. The maximum Gasteiger partial charge on any atom is 0.311 e. The summed E-state index contributed by atoms with van der Waals surface area (Å²) in [6.07, 6.45) is 0.446. The van der Waals surface area contributed by atoms with Crippen LogP contribution in [0, 0.1) is 5.92 Å². The average Bonchev–Trinajstić information content (AvgIpc) is 2.35. The lowest BCUT2D eigenvalue weighted by molar-refractivity contribution is -0.159. The zero-order chi connectivity index (χ0) is 15.3. The maximum absolute atomic E-state index is 12.0. The van der Waals surface area contributed by atoms with Crippen molar-refractivity contribution in [3.05, 3.63) is 23.8 Å². The van der Waals surface area contributed by atoms with Gasteiger partial charge in [0.05, 0.1) is 13.0 Å². The molecule has 0 aliphatic heterocycles. The number of hydrogen-bond donors (Lipinski definition) is 2. The molecule has 5 nitrogen and oxygen atoms in total. The highest BCUT2D eigenvalue weighted by Gasteiger charge is 2.24. The van der Waals surface area contributed by atoms with Crippen LogP contribution in [0.2, 0.25) is 0 Å². The Kier molecular flexibility index (Phi) is 5.39. The minimum atomic E-state index is -0.531. The third-order valence-electron chi connectivity index (χ3n) is 2.75. The van der Waals surface area contributed by atoms with E-state index < -0.39 is 11.5 Å². The average molecular weight is 281 g/mol. The molecule has 0 saturated heterocycles. The Morgan fingerprint density at radius 3 is 2.55 bits per heavy atom. The summed E-state index contributed by atoms with van der Waals surface area (Å²) in [4.78, 5) is 12.0. The molecule has 20 heavy (non-hydrogen) atoms. The summed E-state index contributed by atoms with van der Waals surface area (Å²) in [5.74, 6) is -0.282. The zero-order valence-electron chi connectivity index (χ0n) is 12.5. The molecule has 0 aliphatic carbocycles. The number of methoxy groups -OCH3 is 1. The van der Waals surface area contributed by atoms with E-state index in [1.54, 1.807) is 12.1 Å². The van der Waals surface area contributed by atoms with Crippen LogP contribution in [0.5, 0.6) is 11.5 Å². The summed E-state index contributed by atoms with van der Waals surface area (Å²) in [5.41, 5.74) is 5.99. The van der Waals surface area contributed by atoms with Crippen LogP contribution < -0.4 is 10.5 Å². The molecule has 1 aromatic carbocycles. The number of benzene rings is 1. The second-order valence-corrected chi connectivity index (χ2v) is 5.68. The van der Waals surface area contributed by atoms with Crippen LogP contribution in [0.1, 0.15) is 26.3 Å². The van der Waals surface area contributed by atoms with Crippen LogP contribution in [0.4, 0.5) is 0 Å². The van der Waals surface area contributed by atoms with Gasteiger partial charge >= 0.3 is 5.97 Å². The van der Waals surface area contributed by atoms with E-state index in [4.69, 9.17) is 15.2 Å². The van der Waals surface area contributed by atoms with Crippen LogP contribution in [0.25, 0.3) is 0 Å². The zero-order valence-corrected chi connectivity index (χ0v) is 12.5. The number of carbonyl (C=O) groups is 1. The Labute approximate surface area is 119 Å². The van der Waals surface area contributed by atoms with Gasteiger partial charge in [0.25, 0.3) is 0 Å². The van der Waals surface area contributed by atoms with E-state index in [-0.39, 0.29) is 18.3 Å². The number of esters is 1. The first kappa shape index (κ1) is 16.3. The standard InChI is InChI=1S/C15H23NO4/c1-15(2,3)20-14(18)11(9-16)7-10-5-6-12(17)13(8-10)19-4/h5-6,8,11,17H,7,9,16H2,1-4H3. The van der Waals surface area contributed by atoms with Crippen LogP contribution in [-0.4, -0.2) is 30.3 Å². The van der Waals surface area contributed by atoms with Gasteiger partial charge in [0.2, 0.25) is 0 Å². The fourth-order valence-electron chi connectivity index (χ4n) is 1.78. The van der Waals surface area contributed by atoms with E-state index in [0.29, 0.717) is 12.2 Å². The summed E-state index contributed by atoms with van der Waals surface area (Å²) in [6, 6.07) is 4.98. The largest absolute Gasteiger partial charge is 0.504 e. The summed E-state index contributed by atoms with van der Waals surface area (Å²) in [6.45, 7) is 5.67. The Bertz CT molecular complexity index is 465. The van der Waals surface area contributed by atoms with Gasteiger partial charge in [-0.25, -0.2) is 0 Å². The van der Waals surface area contributed by atoms with Gasteiger partial charge in [-0.1, -0.05) is 6.07 Å². The Morgan fingerprint density at radius 1 is 1.40 bits per heavy atom. The molecule has 0 spiro atoms. The van der Waals surface area contributed by atoms with E-state index in [0.717, 1.165) is 5.56 Å². The molecule has 0 fully saturated rings. The number of phenols is 1. The van der Waals surface area contributed by atoms with Crippen LogP contribution in [-0.2, 0) is 16.0 Å². The van der Waals surface area contributed by atoms with Crippen molar-refractivity contribution in [3.63, 3.8) is 0 Å². The Hall–Kier alpha value is -1.75. The molecule has 3 N–H and O–H groups in total. The first-order valence-corrected chi connectivity index (χ1v) is 6.55. The molecule has 112 valence electrons. The summed E-state index contributed by atoms with van der Waals surface area (Å²) in [5, 5.41) is 9.55. The first-order chi connectivity index (χ1) is 9.26. The monoisotopic (exact) mass is 281 g/mol. The Balaban J connectivity index is 2.80. The van der Waals surface area contributed by atoms with Crippen molar-refractivity contribution >= 4 is 5.97 Å². The van der Waals surface area contributed by atoms with Gasteiger partial charge in [-0.05, 0) is 44.9 Å². The molecule has 1 rings (SSSR count). The van der Waals surface area contributed by atoms with E-state index in [2.05, 4.69) is 0 Å². The highest BCUT2D eigenvalue weighted by atomic mass is 16.6. The van der Waals surface area contributed by atoms with Gasteiger partial charge < -0.3 is 20.3 Å². The molecule has 5 heteroatoms. The van der Waals surface area contributed by atoms with Gasteiger partial charge in [0.15, 0.2) is 11.5 Å². The number of aromatic hydroxyl groups is 1. The van der Waals surface area contributed by atoms with Gasteiger partial charge in [-0.15, -0.1) is 0 Å². The van der Waals surface area contributed by atoms with Gasteiger partial charge in [-0.3, -0.25) is 4.79 Å². The number of phenolic OH excluding ortho intramolecular Hbond substituents is 1. The molecule has 1 unspecified atom stereocenters. The highest BCUT2D eigenvalue weighted by molar-refractivity contribution is 5.73. The molecule has 1 atom stereocenters. The summed E-state index contributed by atoms with van der Waals surface area (Å²) < 4.78 is 10.4. The molecule has 0 radical (unpaired) electrons. The number of ether oxygens (including phenoxy) is 2. The molecule has 0 aliphatic rings. The second-order valence-electron chi connectivity index (χ2n) is 5.68. The molecule has 0 bridgehead atoms. The van der Waals surface area contributed by atoms with Crippen molar-refractivity contribution in [1.29, 1.82) is 0 Å². The molecule has 0 saturated carbocycles. The van der Waals surface area contributed by atoms with Crippen molar-refractivity contribution in [2.45, 2.75) is 32.8 Å². The minimum absolute atomic E-state index is 0.0674. The molecule has 1 aromatic rings. The van der Waals surface area contributed by atoms with E-state index in [1.807, 2.05) is 20.8 Å². The number of rotatable bonds is 5. The summed E-state index contributed by atoms with van der Waals surface area (Å²) in [7, 11) is 1.48. The number of carbonyl (C=O) groups excluding carboxylic acids is 1. The highest BCUT2D eigenvalue weighted by Crippen LogP contribution is 2.27. The SMILES string of the molecule is COc1cc(CC(CN)C(=O)OC(C)(C)C)ccc1O. The van der Waals surface area contributed by atoms with Crippen molar-refractivity contribution in [2.24, 2.45) is 11.7 Å². The predicted octanol–water partition coefficient (Wildman–Crippen LogP) is 1.86. The van der Waals surface area contributed by atoms with Gasteiger partial charge in [-0.2, -0.15) is 0 Å². The number of nitrogens with two attached hydrogens (primary N) is 1. The number of hydrogen-bond acceptors (Lipinski definition) is 5. The molecular weight excluding hydrogens is 258 g/mol. The van der Waals surface area contributed by atoms with Crippen molar-refractivity contribution in [3.8, 4) is 11.5 Å². The smallest absolute Gasteiger partial charge is 0.311 e. The summed E-state index contributed by atoms with van der Waals surface area (Å²) >= 11 is 0. The van der Waals surface area contributed by atoms with E-state index >= 15 is 0 Å². The van der Waals surface area contributed by atoms with Gasteiger partial charge in [0.1, 0.15) is 5.60 Å². The fraction of sp³-hybridized carbons (Fsp3) is 0.533. The van der Waals surface area contributed by atoms with Crippen LogP contribution >= 0.6 is 0 Å². The maximum atomic E-state index is 12.0. The second kappa shape index (κ2) is 6.61. The quantitative estimate of drug-likeness (QED) is 0.805. The third kappa shape index (κ3) is 4.74. The van der Waals surface area contributed by atoms with Crippen molar-refractivity contribution in [2.75, 3.05) is 13.7 Å². The van der Waals surface area contributed by atoms with Crippen LogP contribution in [0.15, 0.2) is 18.2 Å². The lowest BCUT2D eigenvalue weighted by Crippen LogP contribution is -2.33. The van der Waals surface area contributed by atoms with E-state index in [9.17, 15) is 9.90 Å². The topological polar surface area (TPSA) is 81.8 Å². The van der Waals surface area contributed by atoms with Gasteiger partial charge in [0, 0.05) is 6.54 Å². The van der Waals surface area contributed by atoms with E-state index in [1.165, 1.54) is 13.2 Å². The van der Waals surface area contributed by atoms with Crippen LogP contribution in [0.3, 0.4) is 0 Å². The molecule has 0 heterocycles.